The van der Waals surface area contributed by atoms with Crippen molar-refractivity contribution in [2.45, 2.75) is 6.54 Å². The molecule has 0 radical (unpaired) electrons. The van der Waals surface area contributed by atoms with Gasteiger partial charge in [-0.1, -0.05) is 17.3 Å². The van der Waals surface area contributed by atoms with Gasteiger partial charge in [-0.05, 0) is 12.1 Å². The van der Waals surface area contributed by atoms with Gasteiger partial charge >= 0.3 is 12.1 Å². The molecule has 128 valence electrons. The fourth-order valence-corrected chi connectivity index (χ4v) is 1.79. The Balaban J connectivity index is 1.69. The normalized spacial score (nSPS) is 10.0. The molecule has 24 heavy (non-hydrogen) atoms. The molecule has 2 rings (SSSR count). The van der Waals surface area contributed by atoms with Crippen LogP contribution in [-0.2, 0) is 16.1 Å². The SMILES string of the molecule is COC(=O)NCCNC(=O)NNC(=O)Cn1nnc2ccccc21. The average molecular weight is 335 g/mol. The summed E-state index contributed by atoms with van der Waals surface area (Å²) in [6.45, 7) is 0.272. The number of urea groups is 1. The van der Waals surface area contributed by atoms with E-state index in [0.29, 0.717) is 11.0 Å². The lowest BCUT2D eigenvalue weighted by molar-refractivity contribution is -0.122. The lowest BCUT2D eigenvalue weighted by atomic mass is 10.3. The molecule has 0 fully saturated rings. The van der Waals surface area contributed by atoms with Gasteiger partial charge in [-0.3, -0.25) is 10.2 Å². The molecule has 0 aliphatic heterocycles. The lowest BCUT2D eigenvalue weighted by Crippen LogP contribution is -2.49. The summed E-state index contributed by atoms with van der Waals surface area (Å²) in [5.74, 6) is -0.464. The number of hydrogen-bond donors (Lipinski definition) is 4. The maximum Gasteiger partial charge on any atom is 0.406 e. The Morgan fingerprint density at radius 3 is 2.67 bits per heavy atom. The van der Waals surface area contributed by atoms with Gasteiger partial charge in [0, 0.05) is 13.1 Å². The van der Waals surface area contributed by atoms with Gasteiger partial charge in [0.25, 0.3) is 5.91 Å². The van der Waals surface area contributed by atoms with Crippen LogP contribution in [0.5, 0.6) is 0 Å². The fraction of sp³-hybridized carbons (Fsp3) is 0.308. The van der Waals surface area contributed by atoms with Crippen LogP contribution in [0.25, 0.3) is 11.0 Å². The Kier molecular flexibility index (Phi) is 5.88. The highest BCUT2D eigenvalue weighted by Gasteiger charge is 2.09. The number of fused-ring (bicyclic) bond motifs is 1. The van der Waals surface area contributed by atoms with E-state index >= 15 is 0 Å². The summed E-state index contributed by atoms with van der Waals surface area (Å²) in [4.78, 5) is 34.0. The number of alkyl carbamates (subject to hydrolysis) is 1. The third-order valence-electron chi connectivity index (χ3n) is 2.89. The van der Waals surface area contributed by atoms with Crippen molar-refractivity contribution in [1.82, 2.24) is 36.5 Å². The van der Waals surface area contributed by atoms with Gasteiger partial charge in [0.05, 0.1) is 12.6 Å². The first kappa shape index (κ1) is 17.0. The third-order valence-corrected chi connectivity index (χ3v) is 2.89. The van der Waals surface area contributed by atoms with E-state index in [4.69, 9.17) is 0 Å². The van der Waals surface area contributed by atoms with Gasteiger partial charge in [0.1, 0.15) is 12.1 Å². The third kappa shape index (κ3) is 4.83. The summed E-state index contributed by atoms with van der Waals surface area (Å²) in [6.07, 6.45) is -0.592. The van der Waals surface area contributed by atoms with E-state index in [1.165, 1.54) is 11.8 Å². The van der Waals surface area contributed by atoms with Crippen molar-refractivity contribution < 1.29 is 19.1 Å². The minimum absolute atomic E-state index is 0.0926. The Morgan fingerprint density at radius 1 is 1.12 bits per heavy atom. The first-order valence-corrected chi connectivity index (χ1v) is 7.03. The monoisotopic (exact) mass is 335 g/mol. The van der Waals surface area contributed by atoms with Crippen LogP contribution in [0, 0.1) is 0 Å². The molecule has 11 nitrogen and oxygen atoms in total. The topological polar surface area (TPSA) is 139 Å². The van der Waals surface area contributed by atoms with Gasteiger partial charge in [-0.2, -0.15) is 0 Å². The van der Waals surface area contributed by atoms with Crippen molar-refractivity contribution in [2.75, 3.05) is 20.2 Å². The van der Waals surface area contributed by atoms with E-state index in [-0.39, 0.29) is 19.6 Å². The molecule has 0 atom stereocenters. The molecule has 0 spiro atoms. The zero-order valence-electron chi connectivity index (χ0n) is 12.9. The zero-order chi connectivity index (χ0) is 17.4. The van der Waals surface area contributed by atoms with E-state index in [2.05, 4.69) is 36.5 Å². The molecule has 1 aromatic heterocycles. The first-order valence-electron chi connectivity index (χ1n) is 7.03. The van der Waals surface area contributed by atoms with Crippen LogP contribution in [-0.4, -0.2) is 53.2 Å². The summed E-state index contributed by atoms with van der Waals surface area (Å²) in [6, 6.07) is 6.59. The molecule has 0 saturated carbocycles. The summed E-state index contributed by atoms with van der Waals surface area (Å²) in [5, 5.41) is 12.6. The second-order valence-corrected chi connectivity index (χ2v) is 4.58. The second kappa shape index (κ2) is 8.31. The van der Waals surface area contributed by atoms with Crippen molar-refractivity contribution >= 4 is 29.1 Å². The first-order chi connectivity index (χ1) is 11.6. The van der Waals surface area contributed by atoms with E-state index in [0.717, 1.165) is 0 Å². The quantitative estimate of drug-likeness (QED) is 0.413. The lowest BCUT2D eigenvalue weighted by Gasteiger charge is -2.09. The Morgan fingerprint density at radius 2 is 1.88 bits per heavy atom. The maximum atomic E-state index is 11.8. The number of nitrogens with zero attached hydrogens (tertiary/aromatic N) is 3. The van der Waals surface area contributed by atoms with Crippen molar-refractivity contribution in [3.8, 4) is 0 Å². The number of hydrazine groups is 1. The van der Waals surface area contributed by atoms with Crippen LogP contribution >= 0.6 is 0 Å². The van der Waals surface area contributed by atoms with Crippen molar-refractivity contribution in [3.05, 3.63) is 24.3 Å². The van der Waals surface area contributed by atoms with Gasteiger partial charge in [-0.15, -0.1) is 5.10 Å². The van der Waals surface area contributed by atoms with Crippen LogP contribution in [0.2, 0.25) is 0 Å². The standard InChI is InChI=1S/C13H17N7O4/c1-24-13(23)15-7-6-14-12(22)18-17-11(21)8-20-10-5-3-2-4-9(10)16-19-20/h2-5H,6-8H2,1H3,(H,15,23)(H,17,21)(H2,14,18,22). The molecule has 0 unspecified atom stereocenters. The van der Waals surface area contributed by atoms with Crippen molar-refractivity contribution in [2.24, 2.45) is 0 Å². The van der Waals surface area contributed by atoms with Crippen LogP contribution in [0.3, 0.4) is 0 Å². The Bertz CT molecular complexity index is 730. The summed E-state index contributed by atoms with van der Waals surface area (Å²) in [5.41, 5.74) is 5.82. The molecular weight excluding hydrogens is 318 g/mol. The number of methoxy groups -OCH3 is 1. The molecule has 1 heterocycles. The number of carbonyl (C=O) groups is 3. The number of carbonyl (C=O) groups excluding carboxylic acids is 3. The highest BCUT2D eigenvalue weighted by atomic mass is 16.5. The summed E-state index contributed by atoms with van der Waals surface area (Å²) >= 11 is 0. The van der Waals surface area contributed by atoms with Crippen molar-refractivity contribution in [3.63, 3.8) is 0 Å². The number of para-hydroxylation sites is 1. The Hall–Kier alpha value is -3.37. The predicted octanol–water partition coefficient (Wildman–Crippen LogP) is -0.882. The molecule has 0 saturated heterocycles. The van der Waals surface area contributed by atoms with Gasteiger partial charge < -0.3 is 15.4 Å². The molecule has 0 bridgehead atoms. The zero-order valence-corrected chi connectivity index (χ0v) is 12.9. The molecular formula is C13H17N7O4. The minimum Gasteiger partial charge on any atom is -0.453 e. The largest absolute Gasteiger partial charge is 0.453 e. The molecule has 1 aromatic carbocycles. The van der Waals surface area contributed by atoms with Crippen LogP contribution in [0.15, 0.2) is 24.3 Å². The Labute approximate surface area is 136 Å². The highest BCUT2D eigenvalue weighted by Crippen LogP contribution is 2.08. The number of amides is 4. The number of hydrogen-bond acceptors (Lipinski definition) is 6. The molecule has 11 heteroatoms. The molecule has 4 amide bonds. The van der Waals surface area contributed by atoms with Crippen LogP contribution < -0.4 is 21.5 Å². The fourth-order valence-electron chi connectivity index (χ4n) is 1.79. The minimum atomic E-state index is -0.613. The van der Waals surface area contributed by atoms with E-state index < -0.39 is 18.0 Å². The second-order valence-electron chi connectivity index (χ2n) is 4.58. The molecule has 4 N–H and O–H groups in total. The summed E-state index contributed by atoms with van der Waals surface area (Å²) in [7, 11) is 1.24. The average Bonchev–Trinajstić information content (AvgIpc) is 2.99. The maximum absolute atomic E-state index is 11.8. The van der Waals surface area contributed by atoms with Crippen LogP contribution in [0.4, 0.5) is 9.59 Å². The number of benzene rings is 1. The smallest absolute Gasteiger partial charge is 0.406 e. The van der Waals surface area contributed by atoms with E-state index in [1.54, 1.807) is 12.1 Å². The van der Waals surface area contributed by atoms with Gasteiger partial charge in [0.15, 0.2) is 0 Å². The summed E-state index contributed by atoms with van der Waals surface area (Å²) < 4.78 is 5.79. The van der Waals surface area contributed by atoms with E-state index in [9.17, 15) is 14.4 Å². The molecule has 2 aromatic rings. The number of aromatic nitrogens is 3. The van der Waals surface area contributed by atoms with Gasteiger partial charge in [0.2, 0.25) is 0 Å². The van der Waals surface area contributed by atoms with Gasteiger partial charge in [-0.25, -0.2) is 19.7 Å². The number of rotatable bonds is 5. The van der Waals surface area contributed by atoms with Crippen molar-refractivity contribution in [1.29, 1.82) is 0 Å². The molecule has 0 aliphatic rings. The number of nitrogens with one attached hydrogen (secondary N) is 4. The van der Waals surface area contributed by atoms with Crippen LogP contribution in [0.1, 0.15) is 0 Å². The predicted molar refractivity (Wildman–Crippen MR) is 82.6 cm³/mol. The highest BCUT2D eigenvalue weighted by molar-refractivity contribution is 5.82. The number of ether oxygens (including phenoxy) is 1. The molecule has 0 aliphatic carbocycles. The van der Waals surface area contributed by atoms with E-state index in [1.807, 2.05) is 12.1 Å².